The summed E-state index contributed by atoms with van der Waals surface area (Å²) in [5, 5.41) is 19.5. The Morgan fingerprint density at radius 3 is 2.00 bits per heavy atom. The number of nitro groups is 1. The molecule has 4 aromatic rings. The maximum Gasteiger partial charge on any atom is 0.282 e. The van der Waals surface area contributed by atoms with Crippen LogP contribution in [0.5, 0.6) is 0 Å². The number of hydrogen-bond acceptors (Lipinski definition) is 4. The standard InChI is InChI=1S/C23H17N3O3/c1-15-16-8-2-4-10-18(16)21(19-11-5-3-9-17(15)19)14-24-25-23(27)20-12-6-7-13-22(20)26(28)29/h2-14H,1H3,(H,25,27)/b24-14+. The summed E-state index contributed by atoms with van der Waals surface area (Å²) in [7, 11) is 0. The van der Waals surface area contributed by atoms with Crippen molar-refractivity contribution in [1.29, 1.82) is 0 Å². The summed E-state index contributed by atoms with van der Waals surface area (Å²) in [6, 6.07) is 21.8. The summed E-state index contributed by atoms with van der Waals surface area (Å²) in [6.07, 6.45) is 1.59. The number of carbonyl (C=O) groups is 1. The lowest BCUT2D eigenvalue weighted by molar-refractivity contribution is -0.385. The van der Waals surface area contributed by atoms with E-state index in [9.17, 15) is 14.9 Å². The molecule has 29 heavy (non-hydrogen) atoms. The van der Waals surface area contributed by atoms with Crippen LogP contribution in [0.4, 0.5) is 5.69 Å². The van der Waals surface area contributed by atoms with Gasteiger partial charge in [-0.05, 0) is 40.1 Å². The molecule has 0 spiro atoms. The van der Waals surface area contributed by atoms with Crippen LogP contribution >= 0.6 is 0 Å². The minimum Gasteiger partial charge on any atom is -0.267 e. The minimum atomic E-state index is -0.630. The number of aryl methyl sites for hydroxylation is 1. The van der Waals surface area contributed by atoms with Gasteiger partial charge in [0, 0.05) is 11.6 Å². The van der Waals surface area contributed by atoms with Crippen molar-refractivity contribution in [3.05, 3.63) is 99.6 Å². The molecule has 0 aliphatic rings. The molecule has 142 valence electrons. The fourth-order valence-corrected chi connectivity index (χ4v) is 3.56. The van der Waals surface area contributed by atoms with E-state index in [1.54, 1.807) is 12.3 Å². The Labute approximate surface area is 166 Å². The second-order valence-electron chi connectivity index (χ2n) is 6.60. The van der Waals surface area contributed by atoms with Crippen molar-refractivity contribution in [2.75, 3.05) is 0 Å². The quantitative estimate of drug-likeness (QED) is 0.234. The first-order chi connectivity index (χ1) is 14.1. The molecule has 0 heterocycles. The molecule has 0 aromatic heterocycles. The minimum absolute atomic E-state index is 0.0340. The number of amides is 1. The molecule has 0 unspecified atom stereocenters. The Bertz CT molecular complexity index is 1240. The highest BCUT2D eigenvalue weighted by Crippen LogP contribution is 2.31. The highest BCUT2D eigenvalue weighted by atomic mass is 16.6. The number of fused-ring (bicyclic) bond motifs is 2. The lowest BCUT2D eigenvalue weighted by Gasteiger charge is -2.11. The molecule has 0 radical (unpaired) electrons. The zero-order valence-corrected chi connectivity index (χ0v) is 15.6. The fourth-order valence-electron chi connectivity index (χ4n) is 3.56. The van der Waals surface area contributed by atoms with Gasteiger partial charge < -0.3 is 0 Å². The van der Waals surface area contributed by atoms with Crippen LogP contribution in [0.2, 0.25) is 0 Å². The van der Waals surface area contributed by atoms with Crippen molar-refractivity contribution in [3.8, 4) is 0 Å². The Kier molecular flexibility index (Phi) is 4.75. The van der Waals surface area contributed by atoms with Gasteiger partial charge in [0.2, 0.25) is 0 Å². The van der Waals surface area contributed by atoms with Crippen LogP contribution in [0, 0.1) is 17.0 Å². The van der Waals surface area contributed by atoms with Gasteiger partial charge in [0.15, 0.2) is 0 Å². The SMILES string of the molecule is Cc1c2ccccc2c(/C=N/NC(=O)c2ccccc2[N+](=O)[O-])c2ccccc12. The Balaban J connectivity index is 1.75. The van der Waals surface area contributed by atoms with Crippen molar-refractivity contribution < 1.29 is 9.72 Å². The molecule has 6 nitrogen and oxygen atoms in total. The average molecular weight is 383 g/mol. The third-order valence-electron chi connectivity index (χ3n) is 4.95. The zero-order valence-electron chi connectivity index (χ0n) is 15.6. The van der Waals surface area contributed by atoms with Gasteiger partial charge in [-0.1, -0.05) is 60.7 Å². The van der Waals surface area contributed by atoms with Gasteiger partial charge in [-0.2, -0.15) is 5.10 Å². The lowest BCUT2D eigenvalue weighted by Crippen LogP contribution is -2.19. The zero-order chi connectivity index (χ0) is 20.4. The van der Waals surface area contributed by atoms with Crippen molar-refractivity contribution >= 4 is 39.4 Å². The molecule has 0 atom stereocenters. The summed E-state index contributed by atoms with van der Waals surface area (Å²) in [5.74, 6) is -0.630. The smallest absolute Gasteiger partial charge is 0.267 e. The number of rotatable bonds is 4. The predicted octanol–water partition coefficient (Wildman–Crippen LogP) is 4.97. The summed E-state index contributed by atoms with van der Waals surface area (Å²) in [6.45, 7) is 2.09. The summed E-state index contributed by atoms with van der Waals surface area (Å²) in [4.78, 5) is 23.0. The number of nitrogens with zero attached hydrogens (tertiary/aromatic N) is 2. The van der Waals surface area contributed by atoms with Crippen molar-refractivity contribution in [2.45, 2.75) is 6.92 Å². The summed E-state index contributed by atoms with van der Waals surface area (Å²) < 4.78 is 0. The van der Waals surface area contributed by atoms with Gasteiger partial charge in [-0.15, -0.1) is 0 Å². The molecule has 0 saturated heterocycles. The molecule has 6 heteroatoms. The van der Waals surface area contributed by atoms with E-state index < -0.39 is 10.8 Å². The second kappa shape index (κ2) is 7.52. The van der Waals surface area contributed by atoms with Crippen LogP contribution in [0.1, 0.15) is 21.5 Å². The molecule has 0 fully saturated rings. The van der Waals surface area contributed by atoms with E-state index >= 15 is 0 Å². The van der Waals surface area contributed by atoms with Crippen LogP contribution in [0.15, 0.2) is 77.9 Å². The van der Waals surface area contributed by atoms with Crippen molar-refractivity contribution in [1.82, 2.24) is 5.43 Å². The van der Waals surface area contributed by atoms with Gasteiger partial charge in [0.1, 0.15) is 5.56 Å². The van der Waals surface area contributed by atoms with Crippen LogP contribution in [0.3, 0.4) is 0 Å². The van der Waals surface area contributed by atoms with Gasteiger partial charge in [0.05, 0.1) is 11.1 Å². The molecule has 4 aromatic carbocycles. The monoisotopic (exact) mass is 383 g/mol. The molecule has 0 aliphatic heterocycles. The number of para-hydroxylation sites is 1. The largest absolute Gasteiger partial charge is 0.282 e. The van der Waals surface area contributed by atoms with E-state index in [0.717, 1.165) is 27.1 Å². The van der Waals surface area contributed by atoms with E-state index in [1.807, 2.05) is 36.4 Å². The average Bonchev–Trinajstić information content (AvgIpc) is 2.76. The van der Waals surface area contributed by atoms with Crippen molar-refractivity contribution in [3.63, 3.8) is 0 Å². The van der Waals surface area contributed by atoms with E-state index in [0.29, 0.717) is 0 Å². The number of benzene rings is 4. The molecular formula is C23H17N3O3. The van der Waals surface area contributed by atoms with E-state index in [4.69, 9.17) is 0 Å². The molecule has 0 saturated carbocycles. The first-order valence-corrected chi connectivity index (χ1v) is 9.05. The number of hydrogen-bond donors (Lipinski definition) is 1. The Morgan fingerprint density at radius 1 is 0.897 bits per heavy atom. The number of carbonyl (C=O) groups excluding carboxylic acids is 1. The fraction of sp³-hybridized carbons (Fsp3) is 0.0435. The molecule has 1 N–H and O–H groups in total. The predicted molar refractivity (Wildman–Crippen MR) is 114 cm³/mol. The van der Waals surface area contributed by atoms with Crippen LogP contribution in [0.25, 0.3) is 21.5 Å². The van der Waals surface area contributed by atoms with Crippen LogP contribution in [-0.2, 0) is 0 Å². The van der Waals surface area contributed by atoms with E-state index in [-0.39, 0.29) is 11.3 Å². The third kappa shape index (κ3) is 3.32. The maximum atomic E-state index is 12.4. The second-order valence-corrected chi connectivity index (χ2v) is 6.60. The summed E-state index contributed by atoms with van der Waals surface area (Å²) >= 11 is 0. The van der Waals surface area contributed by atoms with E-state index in [2.05, 4.69) is 29.6 Å². The Hall–Kier alpha value is -4.06. The lowest BCUT2D eigenvalue weighted by atomic mass is 9.93. The molecule has 1 amide bonds. The molecule has 0 aliphatic carbocycles. The first-order valence-electron chi connectivity index (χ1n) is 9.05. The molecule has 4 rings (SSSR count). The number of hydrazone groups is 1. The van der Waals surface area contributed by atoms with E-state index in [1.165, 1.54) is 23.8 Å². The van der Waals surface area contributed by atoms with Crippen LogP contribution < -0.4 is 5.43 Å². The van der Waals surface area contributed by atoms with Gasteiger partial charge in [0.25, 0.3) is 11.6 Å². The van der Waals surface area contributed by atoms with Crippen LogP contribution in [-0.4, -0.2) is 17.0 Å². The van der Waals surface area contributed by atoms with Gasteiger partial charge in [-0.3, -0.25) is 14.9 Å². The highest BCUT2D eigenvalue weighted by Gasteiger charge is 2.18. The number of nitrogens with one attached hydrogen (secondary N) is 1. The summed E-state index contributed by atoms with van der Waals surface area (Å²) in [5.41, 5.74) is 4.18. The van der Waals surface area contributed by atoms with Gasteiger partial charge >= 0.3 is 0 Å². The normalized spacial score (nSPS) is 11.2. The van der Waals surface area contributed by atoms with Gasteiger partial charge in [-0.25, -0.2) is 5.43 Å². The third-order valence-corrected chi connectivity index (χ3v) is 4.95. The van der Waals surface area contributed by atoms with Crippen molar-refractivity contribution in [2.24, 2.45) is 5.10 Å². The maximum absolute atomic E-state index is 12.4. The molecular weight excluding hydrogens is 366 g/mol. The molecule has 0 bridgehead atoms. The number of nitro benzene ring substituents is 1. The topological polar surface area (TPSA) is 84.6 Å². The highest BCUT2D eigenvalue weighted by molar-refractivity contribution is 6.15. The first kappa shape index (κ1) is 18.3. The Morgan fingerprint density at radius 2 is 1.41 bits per heavy atom.